The van der Waals surface area contributed by atoms with E-state index >= 15 is 0 Å². The molecule has 0 spiro atoms. The van der Waals surface area contributed by atoms with Gasteiger partial charge in [0.25, 0.3) is 0 Å². The van der Waals surface area contributed by atoms with Gasteiger partial charge in [0.1, 0.15) is 0 Å². The summed E-state index contributed by atoms with van der Waals surface area (Å²) in [5, 5.41) is 3.32. The second-order valence-electron chi connectivity index (χ2n) is 3.15. The molecule has 0 aliphatic heterocycles. The van der Waals surface area contributed by atoms with E-state index in [2.05, 4.69) is 19.2 Å². The maximum atomic E-state index is 5.59. The lowest BCUT2D eigenvalue weighted by Gasteiger charge is -2.17. The van der Waals surface area contributed by atoms with Crippen LogP contribution in [0.25, 0.3) is 0 Å². The zero-order chi connectivity index (χ0) is 9.94. The van der Waals surface area contributed by atoms with E-state index in [0.29, 0.717) is 6.61 Å². The molecule has 0 aromatic heterocycles. The molecule has 1 N–H and O–H groups in total. The number of hydrogen-bond acceptors (Lipinski definition) is 3. The van der Waals surface area contributed by atoms with Crippen LogP contribution in [0.3, 0.4) is 0 Å². The molecule has 1 unspecified atom stereocenters. The van der Waals surface area contributed by atoms with Gasteiger partial charge in [0.15, 0.2) is 0 Å². The molecule has 3 nitrogen and oxygen atoms in total. The van der Waals surface area contributed by atoms with E-state index in [4.69, 9.17) is 9.47 Å². The van der Waals surface area contributed by atoms with Gasteiger partial charge in [0.05, 0.1) is 12.7 Å². The van der Waals surface area contributed by atoms with Crippen molar-refractivity contribution < 1.29 is 9.47 Å². The molecule has 0 aliphatic rings. The molecule has 0 aromatic carbocycles. The Morgan fingerprint density at radius 1 is 1.23 bits per heavy atom. The second kappa shape index (κ2) is 9.96. The first-order valence-electron chi connectivity index (χ1n) is 5.16. The Balaban J connectivity index is 3.41. The van der Waals surface area contributed by atoms with E-state index in [0.717, 1.165) is 32.5 Å². The number of hydrogen-bond donors (Lipinski definition) is 1. The maximum absolute atomic E-state index is 5.59. The summed E-state index contributed by atoms with van der Waals surface area (Å²) in [6.07, 6.45) is 2.43. The lowest BCUT2D eigenvalue weighted by atomic mass is 10.3. The lowest BCUT2D eigenvalue weighted by Crippen LogP contribution is -2.33. The molecule has 0 rings (SSSR count). The molecule has 80 valence electrons. The molecular weight excluding hydrogens is 166 g/mol. The van der Waals surface area contributed by atoms with Crippen molar-refractivity contribution in [3.63, 3.8) is 0 Å². The Morgan fingerprint density at radius 3 is 2.54 bits per heavy atom. The first-order chi connectivity index (χ1) is 6.35. The number of nitrogens with one attached hydrogen (secondary N) is 1. The van der Waals surface area contributed by atoms with E-state index in [1.54, 1.807) is 7.11 Å². The summed E-state index contributed by atoms with van der Waals surface area (Å²) in [5.74, 6) is 0. The van der Waals surface area contributed by atoms with Crippen molar-refractivity contribution in [1.82, 2.24) is 5.32 Å². The van der Waals surface area contributed by atoms with Crippen molar-refractivity contribution in [1.29, 1.82) is 0 Å². The van der Waals surface area contributed by atoms with Gasteiger partial charge in [0, 0.05) is 20.3 Å². The molecular formula is C10H23NO2. The van der Waals surface area contributed by atoms with Gasteiger partial charge in [-0.3, -0.25) is 0 Å². The Kier molecular flexibility index (Phi) is 9.87. The SMILES string of the molecule is CCCNCC(COC)OCCC. The number of rotatable bonds is 9. The summed E-state index contributed by atoms with van der Waals surface area (Å²) in [7, 11) is 1.71. The highest BCUT2D eigenvalue weighted by molar-refractivity contribution is 4.60. The predicted molar refractivity (Wildman–Crippen MR) is 55.1 cm³/mol. The van der Waals surface area contributed by atoms with Crippen molar-refractivity contribution in [3.8, 4) is 0 Å². The quantitative estimate of drug-likeness (QED) is 0.557. The molecule has 0 bridgehead atoms. The summed E-state index contributed by atoms with van der Waals surface area (Å²) in [6.45, 7) is 7.71. The van der Waals surface area contributed by atoms with Crippen molar-refractivity contribution in [2.75, 3.05) is 33.4 Å². The molecule has 0 fully saturated rings. The van der Waals surface area contributed by atoms with Gasteiger partial charge in [0.2, 0.25) is 0 Å². The fourth-order valence-electron chi connectivity index (χ4n) is 1.08. The summed E-state index contributed by atoms with van der Waals surface area (Å²) < 4.78 is 10.7. The summed E-state index contributed by atoms with van der Waals surface area (Å²) in [5.41, 5.74) is 0. The Hall–Kier alpha value is -0.120. The van der Waals surface area contributed by atoms with Gasteiger partial charge in [-0.2, -0.15) is 0 Å². The van der Waals surface area contributed by atoms with Crippen molar-refractivity contribution in [2.45, 2.75) is 32.8 Å². The van der Waals surface area contributed by atoms with Gasteiger partial charge in [-0.15, -0.1) is 0 Å². The lowest BCUT2D eigenvalue weighted by molar-refractivity contribution is -0.000510. The van der Waals surface area contributed by atoms with E-state index in [1.165, 1.54) is 0 Å². The fourth-order valence-corrected chi connectivity index (χ4v) is 1.08. The average Bonchev–Trinajstić information content (AvgIpc) is 2.14. The molecule has 0 heterocycles. The highest BCUT2D eigenvalue weighted by atomic mass is 16.5. The van der Waals surface area contributed by atoms with Crippen molar-refractivity contribution in [3.05, 3.63) is 0 Å². The third-order valence-corrected chi connectivity index (χ3v) is 1.71. The minimum atomic E-state index is 0.205. The predicted octanol–water partition coefficient (Wildman–Crippen LogP) is 1.43. The van der Waals surface area contributed by atoms with Crippen LogP contribution in [0, 0.1) is 0 Å². The average molecular weight is 189 g/mol. The third-order valence-electron chi connectivity index (χ3n) is 1.71. The van der Waals surface area contributed by atoms with Crippen LogP contribution in [-0.2, 0) is 9.47 Å². The van der Waals surface area contributed by atoms with E-state index < -0.39 is 0 Å². The number of ether oxygens (including phenoxy) is 2. The molecule has 0 amide bonds. The topological polar surface area (TPSA) is 30.5 Å². The molecule has 0 radical (unpaired) electrons. The minimum Gasteiger partial charge on any atom is -0.382 e. The summed E-state index contributed by atoms with van der Waals surface area (Å²) >= 11 is 0. The van der Waals surface area contributed by atoms with Gasteiger partial charge in [-0.1, -0.05) is 13.8 Å². The molecule has 3 heteroatoms. The molecule has 0 aliphatic carbocycles. The maximum Gasteiger partial charge on any atom is 0.0932 e. The standard InChI is InChI=1S/C10H23NO2/c1-4-6-11-8-10(9-12-3)13-7-5-2/h10-11H,4-9H2,1-3H3. The highest BCUT2D eigenvalue weighted by Crippen LogP contribution is 1.93. The Bertz CT molecular complexity index is 98.9. The highest BCUT2D eigenvalue weighted by Gasteiger charge is 2.06. The monoisotopic (exact) mass is 189 g/mol. The normalized spacial score (nSPS) is 13.2. The summed E-state index contributed by atoms with van der Waals surface area (Å²) in [6, 6.07) is 0. The van der Waals surface area contributed by atoms with E-state index in [9.17, 15) is 0 Å². The smallest absolute Gasteiger partial charge is 0.0932 e. The largest absolute Gasteiger partial charge is 0.382 e. The van der Waals surface area contributed by atoms with Crippen LogP contribution in [0.15, 0.2) is 0 Å². The summed E-state index contributed by atoms with van der Waals surface area (Å²) in [4.78, 5) is 0. The first-order valence-corrected chi connectivity index (χ1v) is 5.16. The zero-order valence-electron chi connectivity index (χ0n) is 9.14. The van der Waals surface area contributed by atoms with Crippen LogP contribution in [0.4, 0.5) is 0 Å². The molecule has 0 aromatic rings. The minimum absolute atomic E-state index is 0.205. The van der Waals surface area contributed by atoms with Crippen LogP contribution in [-0.4, -0.2) is 39.5 Å². The van der Waals surface area contributed by atoms with Gasteiger partial charge in [-0.05, 0) is 19.4 Å². The van der Waals surface area contributed by atoms with Crippen molar-refractivity contribution >= 4 is 0 Å². The number of methoxy groups -OCH3 is 1. The van der Waals surface area contributed by atoms with Crippen LogP contribution in [0.2, 0.25) is 0 Å². The molecule has 0 saturated heterocycles. The van der Waals surface area contributed by atoms with E-state index in [1.807, 2.05) is 0 Å². The zero-order valence-corrected chi connectivity index (χ0v) is 9.14. The second-order valence-corrected chi connectivity index (χ2v) is 3.15. The van der Waals surface area contributed by atoms with Crippen LogP contribution >= 0.6 is 0 Å². The van der Waals surface area contributed by atoms with Crippen LogP contribution in [0.5, 0.6) is 0 Å². The molecule has 0 saturated carbocycles. The van der Waals surface area contributed by atoms with Gasteiger partial charge in [-0.25, -0.2) is 0 Å². The van der Waals surface area contributed by atoms with Crippen molar-refractivity contribution in [2.24, 2.45) is 0 Å². The molecule has 13 heavy (non-hydrogen) atoms. The Labute approximate surface area is 81.8 Å². The van der Waals surface area contributed by atoms with Crippen LogP contribution in [0.1, 0.15) is 26.7 Å². The fraction of sp³-hybridized carbons (Fsp3) is 1.00. The molecule has 1 atom stereocenters. The van der Waals surface area contributed by atoms with E-state index in [-0.39, 0.29) is 6.10 Å². The third kappa shape index (κ3) is 8.22. The van der Waals surface area contributed by atoms with Gasteiger partial charge < -0.3 is 14.8 Å². The Morgan fingerprint density at radius 2 is 2.00 bits per heavy atom. The van der Waals surface area contributed by atoms with Crippen LogP contribution < -0.4 is 5.32 Å². The van der Waals surface area contributed by atoms with Gasteiger partial charge >= 0.3 is 0 Å². The first kappa shape index (κ1) is 12.9.